The van der Waals surface area contributed by atoms with Crippen molar-refractivity contribution in [3.8, 4) is 11.1 Å². The lowest BCUT2D eigenvalue weighted by molar-refractivity contribution is -0.136. The molecule has 0 atom stereocenters. The molecule has 0 radical (unpaired) electrons. The molecule has 0 aliphatic rings. The Morgan fingerprint density at radius 1 is 1.05 bits per heavy atom. The average molecular weight is 254 g/mol. The lowest BCUT2D eigenvalue weighted by Gasteiger charge is -2.08. The summed E-state index contributed by atoms with van der Waals surface area (Å²) >= 11 is 0. The van der Waals surface area contributed by atoms with E-state index in [0.29, 0.717) is 6.42 Å². The molecular weight excluding hydrogens is 236 g/mol. The molecular formula is C17H18O2. The molecule has 2 heteroatoms. The highest BCUT2D eigenvalue weighted by Gasteiger charge is 2.04. The number of rotatable bonds is 5. The van der Waals surface area contributed by atoms with Crippen molar-refractivity contribution in [2.75, 3.05) is 0 Å². The maximum absolute atomic E-state index is 10.5. The molecule has 0 aromatic heterocycles. The van der Waals surface area contributed by atoms with Crippen LogP contribution in [-0.2, 0) is 17.6 Å². The van der Waals surface area contributed by atoms with Gasteiger partial charge in [0.25, 0.3) is 0 Å². The summed E-state index contributed by atoms with van der Waals surface area (Å²) in [7, 11) is 0. The van der Waals surface area contributed by atoms with Gasteiger partial charge in [-0.15, -0.1) is 0 Å². The Hall–Kier alpha value is -2.09. The van der Waals surface area contributed by atoms with Crippen LogP contribution < -0.4 is 0 Å². The van der Waals surface area contributed by atoms with Crippen LogP contribution >= 0.6 is 0 Å². The Bertz CT molecular complexity index is 556. The quantitative estimate of drug-likeness (QED) is 0.877. The smallest absolute Gasteiger partial charge is 0.303 e. The number of aliphatic carboxylic acids is 1. The zero-order chi connectivity index (χ0) is 13.7. The van der Waals surface area contributed by atoms with Gasteiger partial charge in [0, 0.05) is 6.42 Å². The summed E-state index contributed by atoms with van der Waals surface area (Å²) in [6, 6.07) is 16.6. The number of carboxylic acids is 1. The normalized spacial score (nSPS) is 10.4. The summed E-state index contributed by atoms with van der Waals surface area (Å²) in [5.74, 6) is -0.750. The van der Waals surface area contributed by atoms with E-state index in [1.807, 2.05) is 18.2 Å². The minimum atomic E-state index is -0.750. The van der Waals surface area contributed by atoms with E-state index in [1.165, 1.54) is 16.7 Å². The molecule has 2 aromatic rings. The maximum Gasteiger partial charge on any atom is 0.303 e. The number of hydrogen-bond donors (Lipinski definition) is 1. The molecule has 0 amide bonds. The van der Waals surface area contributed by atoms with E-state index >= 15 is 0 Å². The van der Waals surface area contributed by atoms with Crippen LogP contribution in [0.25, 0.3) is 11.1 Å². The fourth-order valence-corrected chi connectivity index (χ4v) is 2.21. The van der Waals surface area contributed by atoms with Gasteiger partial charge in [0.2, 0.25) is 0 Å². The van der Waals surface area contributed by atoms with Crippen molar-refractivity contribution in [1.82, 2.24) is 0 Å². The number of hydrogen-bond acceptors (Lipinski definition) is 1. The van der Waals surface area contributed by atoms with Crippen LogP contribution in [0.2, 0.25) is 0 Å². The van der Waals surface area contributed by atoms with E-state index in [2.05, 4.69) is 37.3 Å². The van der Waals surface area contributed by atoms with Crippen molar-refractivity contribution in [1.29, 1.82) is 0 Å². The van der Waals surface area contributed by atoms with Gasteiger partial charge in [0.15, 0.2) is 0 Å². The zero-order valence-electron chi connectivity index (χ0n) is 11.1. The van der Waals surface area contributed by atoms with E-state index in [0.717, 1.165) is 12.0 Å². The monoisotopic (exact) mass is 254 g/mol. The van der Waals surface area contributed by atoms with Crippen LogP contribution in [0.4, 0.5) is 0 Å². The third-order valence-electron chi connectivity index (χ3n) is 3.29. The molecule has 0 spiro atoms. The molecule has 0 saturated carbocycles. The van der Waals surface area contributed by atoms with E-state index < -0.39 is 5.97 Å². The summed E-state index contributed by atoms with van der Waals surface area (Å²) in [5.41, 5.74) is 4.85. The molecule has 0 unspecified atom stereocenters. The fraction of sp³-hybridized carbons (Fsp3) is 0.235. The number of carboxylic acid groups (broad SMARTS) is 1. The van der Waals surface area contributed by atoms with E-state index in [4.69, 9.17) is 5.11 Å². The summed E-state index contributed by atoms with van der Waals surface area (Å²) in [4.78, 5) is 10.5. The molecule has 0 bridgehead atoms. The van der Waals surface area contributed by atoms with Gasteiger partial charge < -0.3 is 5.11 Å². The molecule has 98 valence electrons. The van der Waals surface area contributed by atoms with Crippen LogP contribution in [0.5, 0.6) is 0 Å². The predicted molar refractivity (Wildman–Crippen MR) is 77.2 cm³/mol. The number of aryl methyl sites for hydroxylation is 2. The highest BCUT2D eigenvalue weighted by molar-refractivity contribution is 5.68. The summed E-state index contributed by atoms with van der Waals surface area (Å²) in [5, 5.41) is 8.68. The Balaban J connectivity index is 2.20. The van der Waals surface area contributed by atoms with Gasteiger partial charge in [0.05, 0.1) is 0 Å². The van der Waals surface area contributed by atoms with E-state index in [-0.39, 0.29) is 6.42 Å². The second-order valence-corrected chi connectivity index (χ2v) is 4.60. The molecule has 2 aromatic carbocycles. The largest absolute Gasteiger partial charge is 0.481 e. The van der Waals surface area contributed by atoms with Crippen LogP contribution in [0.15, 0.2) is 48.5 Å². The zero-order valence-corrected chi connectivity index (χ0v) is 11.1. The van der Waals surface area contributed by atoms with Crippen LogP contribution in [0, 0.1) is 0 Å². The highest BCUT2D eigenvalue weighted by Crippen LogP contribution is 2.24. The number of carbonyl (C=O) groups is 1. The molecule has 0 aliphatic carbocycles. The van der Waals surface area contributed by atoms with Crippen LogP contribution in [0.3, 0.4) is 0 Å². The second-order valence-electron chi connectivity index (χ2n) is 4.60. The summed E-state index contributed by atoms with van der Waals surface area (Å²) in [6.45, 7) is 2.15. The van der Waals surface area contributed by atoms with Gasteiger partial charge in [-0.05, 0) is 35.1 Å². The first-order chi connectivity index (χ1) is 9.20. The second kappa shape index (κ2) is 6.19. The third kappa shape index (κ3) is 3.44. The standard InChI is InChI=1S/C17H18O2/c1-2-14-5-3-4-6-16(14)15-10-7-13(8-11-15)9-12-17(18)19/h3-8,10-11H,2,9,12H2,1H3,(H,18,19). The van der Waals surface area contributed by atoms with Crippen molar-refractivity contribution in [3.63, 3.8) is 0 Å². The topological polar surface area (TPSA) is 37.3 Å². The van der Waals surface area contributed by atoms with Gasteiger partial charge in [-0.25, -0.2) is 0 Å². The van der Waals surface area contributed by atoms with Gasteiger partial charge >= 0.3 is 5.97 Å². The van der Waals surface area contributed by atoms with Crippen LogP contribution in [-0.4, -0.2) is 11.1 Å². The molecule has 19 heavy (non-hydrogen) atoms. The lowest BCUT2D eigenvalue weighted by Crippen LogP contribution is -1.97. The van der Waals surface area contributed by atoms with Crippen molar-refractivity contribution in [2.45, 2.75) is 26.2 Å². The Morgan fingerprint density at radius 2 is 1.74 bits per heavy atom. The minimum absolute atomic E-state index is 0.185. The lowest BCUT2D eigenvalue weighted by atomic mass is 9.97. The van der Waals surface area contributed by atoms with Crippen molar-refractivity contribution in [3.05, 3.63) is 59.7 Å². The summed E-state index contributed by atoms with van der Waals surface area (Å²) in [6.07, 6.45) is 1.78. The van der Waals surface area contributed by atoms with Crippen LogP contribution in [0.1, 0.15) is 24.5 Å². The van der Waals surface area contributed by atoms with Gasteiger partial charge in [-0.2, -0.15) is 0 Å². The molecule has 0 saturated heterocycles. The average Bonchev–Trinajstić information content (AvgIpc) is 2.45. The Kier molecular flexibility index (Phi) is 4.35. The van der Waals surface area contributed by atoms with Gasteiger partial charge in [-0.3, -0.25) is 4.79 Å². The Labute approximate surface area is 113 Å². The van der Waals surface area contributed by atoms with Gasteiger partial charge in [-0.1, -0.05) is 55.5 Å². The molecule has 0 aliphatic heterocycles. The Morgan fingerprint density at radius 3 is 2.37 bits per heavy atom. The first kappa shape index (κ1) is 13.3. The van der Waals surface area contributed by atoms with Crippen molar-refractivity contribution >= 4 is 5.97 Å². The minimum Gasteiger partial charge on any atom is -0.481 e. The van der Waals surface area contributed by atoms with E-state index in [9.17, 15) is 4.79 Å². The number of benzene rings is 2. The van der Waals surface area contributed by atoms with E-state index in [1.54, 1.807) is 0 Å². The van der Waals surface area contributed by atoms with Gasteiger partial charge in [0.1, 0.15) is 0 Å². The third-order valence-corrected chi connectivity index (χ3v) is 3.29. The van der Waals surface area contributed by atoms with Crippen molar-refractivity contribution in [2.24, 2.45) is 0 Å². The maximum atomic E-state index is 10.5. The summed E-state index contributed by atoms with van der Waals surface area (Å²) < 4.78 is 0. The molecule has 2 nitrogen and oxygen atoms in total. The molecule has 1 N–H and O–H groups in total. The molecule has 0 fully saturated rings. The highest BCUT2D eigenvalue weighted by atomic mass is 16.4. The molecule has 2 rings (SSSR count). The first-order valence-corrected chi connectivity index (χ1v) is 6.59. The SMILES string of the molecule is CCc1ccccc1-c1ccc(CCC(=O)O)cc1. The fourth-order valence-electron chi connectivity index (χ4n) is 2.21. The molecule has 0 heterocycles. The van der Waals surface area contributed by atoms with Crippen molar-refractivity contribution < 1.29 is 9.90 Å². The first-order valence-electron chi connectivity index (χ1n) is 6.59. The predicted octanol–water partition coefficient (Wildman–Crippen LogP) is 3.93.